The molecule has 100 valence electrons. The van der Waals surface area contributed by atoms with E-state index in [0.29, 0.717) is 13.2 Å². The molecule has 5 nitrogen and oxygen atoms in total. The quantitative estimate of drug-likeness (QED) is 0.895. The van der Waals surface area contributed by atoms with Gasteiger partial charge in [-0.1, -0.05) is 12.1 Å². The van der Waals surface area contributed by atoms with E-state index in [4.69, 9.17) is 9.84 Å². The van der Waals surface area contributed by atoms with Crippen molar-refractivity contribution < 1.29 is 14.6 Å². The number of aryl methyl sites for hydroxylation is 2. The van der Waals surface area contributed by atoms with E-state index < -0.39 is 5.97 Å². The SMILES string of the molecule is Cc1cccc(OCCn2nc(C(=O)O)cc2C)c1. The summed E-state index contributed by atoms with van der Waals surface area (Å²) >= 11 is 0. The second kappa shape index (κ2) is 5.56. The van der Waals surface area contributed by atoms with E-state index >= 15 is 0 Å². The van der Waals surface area contributed by atoms with Gasteiger partial charge in [-0.05, 0) is 37.6 Å². The van der Waals surface area contributed by atoms with E-state index in [2.05, 4.69) is 5.10 Å². The van der Waals surface area contributed by atoms with Crippen LogP contribution in [0.2, 0.25) is 0 Å². The van der Waals surface area contributed by atoms with Gasteiger partial charge in [-0.25, -0.2) is 4.79 Å². The van der Waals surface area contributed by atoms with Gasteiger partial charge in [0.2, 0.25) is 0 Å². The highest BCUT2D eigenvalue weighted by Crippen LogP contribution is 2.12. The Bertz CT molecular complexity index is 590. The van der Waals surface area contributed by atoms with Crippen LogP contribution in [-0.2, 0) is 6.54 Å². The molecule has 0 aliphatic rings. The number of nitrogens with zero attached hydrogens (tertiary/aromatic N) is 2. The van der Waals surface area contributed by atoms with Crippen LogP contribution in [0.15, 0.2) is 30.3 Å². The number of ether oxygens (including phenoxy) is 1. The van der Waals surface area contributed by atoms with Crippen LogP contribution in [0.25, 0.3) is 0 Å². The van der Waals surface area contributed by atoms with Crippen LogP contribution in [0.1, 0.15) is 21.7 Å². The molecule has 0 amide bonds. The summed E-state index contributed by atoms with van der Waals surface area (Å²) in [5.41, 5.74) is 2.01. The first-order valence-electron chi connectivity index (χ1n) is 6.03. The Balaban J connectivity index is 1.94. The second-order valence-corrected chi connectivity index (χ2v) is 4.36. The van der Waals surface area contributed by atoms with Gasteiger partial charge < -0.3 is 9.84 Å². The van der Waals surface area contributed by atoms with Gasteiger partial charge in [0.1, 0.15) is 12.4 Å². The zero-order valence-electron chi connectivity index (χ0n) is 11.0. The summed E-state index contributed by atoms with van der Waals surface area (Å²) in [6.07, 6.45) is 0. The summed E-state index contributed by atoms with van der Waals surface area (Å²) in [6, 6.07) is 9.34. The molecular formula is C14H16N2O3. The highest BCUT2D eigenvalue weighted by molar-refractivity contribution is 5.85. The lowest BCUT2D eigenvalue weighted by Crippen LogP contribution is -2.11. The Labute approximate surface area is 111 Å². The molecule has 0 saturated heterocycles. The molecule has 5 heteroatoms. The number of rotatable bonds is 5. The van der Waals surface area contributed by atoms with Crippen molar-refractivity contribution in [2.75, 3.05) is 6.61 Å². The first-order chi connectivity index (χ1) is 9.06. The van der Waals surface area contributed by atoms with Gasteiger partial charge in [0.25, 0.3) is 0 Å². The first kappa shape index (κ1) is 13.1. The molecule has 0 bridgehead atoms. The molecule has 19 heavy (non-hydrogen) atoms. The van der Waals surface area contributed by atoms with E-state index in [1.54, 1.807) is 10.7 Å². The van der Waals surface area contributed by atoms with Crippen LogP contribution in [0.4, 0.5) is 0 Å². The minimum absolute atomic E-state index is 0.0630. The molecule has 0 radical (unpaired) electrons. The number of carboxylic acid groups (broad SMARTS) is 1. The third-order valence-corrected chi connectivity index (χ3v) is 2.76. The zero-order chi connectivity index (χ0) is 13.8. The lowest BCUT2D eigenvalue weighted by molar-refractivity contribution is 0.0689. The molecular weight excluding hydrogens is 244 g/mol. The lowest BCUT2D eigenvalue weighted by Gasteiger charge is -2.08. The molecule has 0 aliphatic heterocycles. The van der Waals surface area contributed by atoms with E-state index in [-0.39, 0.29) is 5.69 Å². The van der Waals surface area contributed by atoms with Gasteiger partial charge in [-0.3, -0.25) is 4.68 Å². The average molecular weight is 260 g/mol. The van der Waals surface area contributed by atoms with Gasteiger partial charge in [0, 0.05) is 5.69 Å². The van der Waals surface area contributed by atoms with Gasteiger partial charge in [-0.2, -0.15) is 5.10 Å². The van der Waals surface area contributed by atoms with Gasteiger partial charge in [0.15, 0.2) is 5.69 Å². The van der Waals surface area contributed by atoms with Crippen molar-refractivity contribution in [2.45, 2.75) is 20.4 Å². The summed E-state index contributed by atoms with van der Waals surface area (Å²) in [4.78, 5) is 10.8. The summed E-state index contributed by atoms with van der Waals surface area (Å²) in [5, 5.41) is 12.8. The molecule has 0 fully saturated rings. The molecule has 1 heterocycles. The highest BCUT2D eigenvalue weighted by Gasteiger charge is 2.10. The lowest BCUT2D eigenvalue weighted by atomic mass is 10.2. The standard InChI is InChI=1S/C14H16N2O3/c1-10-4-3-5-12(8-10)19-7-6-16-11(2)9-13(15-16)14(17)18/h3-5,8-9H,6-7H2,1-2H3,(H,17,18). The number of hydrogen-bond donors (Lipinski definition) is 1. The molecule has 1 aromatic carbocycles. The van der Waals surface area contributed by atoms with Crippen molar-refractivity contribution in [1.82, 2.24) is 9.78 Å². The monoisotopic (exact) mass is 260 g/mol. The molecule has 0 atom stereocenters. The largest absolute Gasteiger partial charge is 0.492 e. The molecule has 1 aromatic heterocycles. The van der Waals surface area contributed by atoms with E-state index in [9.17, 15) is 4.79 Å². The number of hydrogen-bond acceptors (Lipinski definition) is 3. The number of benzene rings is 1. The predicted octanol–water partition coefficient (Wildman–Crippen LogP) is 2.28. The molecule has 2 rings (SSSR count). The number of aromatic nitrogens is 2. The smallest absolute Gasteiger partial charge is 0.356 e. The maximum Gasteiger partial charge on any atom is 0.356 e. The Kier molecular flexibility index (Phi) is 3.85. The Morgan fingerprint density at radius 1 is 1.37 bits per heavy atom. The third-order valence-electron chi connectivity index (χ3n) is 2.76. The average Bonchev–Trinajstić information content (AvgIpc) is 2.71. The Hall–Kier alpha value is -2.30. The topological polar surface area (TPSA) is 64.4 Å². The molecule has 1 N–H and O–H groups in total. The van der Waals surface area contributed by atoms with Crippen molar-refractivity contribution >= 4 is 5.97 Å². The van der Waals surface area contributed by atoms with Crippen LogP contribution in [0.3, 0.4) is 0 Å². The number of carbonyl (C=O) groups is 1. The Morgan fingerprint density at radius 3 is 2.79 bits per heavy atom. The maximum atomic E-state index is 10.8. The van der Waals surface area contributed by atoms with Crippen molar-refractivity contribution in [2.24, 2.45) is 0 Å². The van der Waals surface area contributed by atoms with Crippen molar-refractivity contribution in [3.8, 4) is 5.75 Å². The summed E-state index contributed by atoms with van der Waals surface area (Å²) < 4.78 is 7.25. The fourth-order valence-corrected chi connectivity index (χ4v) is 1.80. The minimum Gasteiger partial charge on any atom is -0.492 e. The highest BCUT2D eigenvalue weighted by atomic mass is 16.5. The molecule has 0 spiro atoms. The fourth-order valence-electron chi connectivity index (χ4n) is 1.80. The number of carboxylic acids is 1. The fraction of sp³-hybridized carbons (Fsp3) is 0.286. The third kappa shape index (κ3) is 3.34. The van der Waals surface area contributed by atoms with Crippen molar-refractivity contribution in [1.29, 1.82) is 0 Å². The molecule has 0 unspecified atom stereocenters. The minimum atomic E-state index is -1.01. The van der Waals surface area contributed by atoms with Gasteiger partial charge in [0.05, 0.1) is 6.54 Å². The van der Waals surface area contributed by atoms with Gasteiger partial charge >= 0.3 is 5.97 Å². The molecule has 2 aromatic rings. The van der Waals surface area contributed by atoms with E-state index in [0.717, 1.165) is 17.0 Å². The predicted molar refractivity (Wildman–Crippen MR) is 70.6 cm³/mol. The zero-order valence-corrected chi connectivity index (χ0v) is 11.0. The van der Waals surface area contributed by atoms with Crippen LogP contribution >= 0.6 is 0 Å². The second-order valence-electron chi connectivity index (χ2n) is 4.36. The van der Waals surface area contributed by atoms with Gasteiger partial charge in [-0.15, -0.1) is 0 Å². The van der Waals surface area contributed by atoms with E-state index in [1.165, 1.54) is 0 Å². The molecule has 0 aliphatic carbocycles. The first-order valence-corrected chi connectivity index (χ1v) is 6.03. The van der Waals surface area contributed by atoms with Crippen LogP contribution < -0.4 is 4.74 Å². The van der Waals surface area contributed by atoms with Crippen molar-refractivity contribution in [3.05, 3.63) is 47.3 Å². The normalized spacial score (nSPS) is 10.4. The summed E-state index contributed by atoms with van der Waals surface area (Å²) in [6.45, 7) is 4.80. The van der Waals surface area contributed by atoms with E-state index in [1.807, 2.05) is 38.1 Å². The van der Waals surface area contributed by atoms with Crippen LogP contribution in [0.5, 0.6) is 5.75 Å². The maximum absolute atomic E-state index is 10.8. The summed E-state index contributed by atoms with van der Waals surface area (Å²) in [5.74, 6) is -0.204. The summed E-state index contributed by atoms with van der Waals surface area (Å²) in [7, 11) is 0. The number of aromatic carboxylic acids is 1. The molecule has 0 saturated carbocycles. The van der Waals surface area contributed by atoms with Crippen molar-refractivity contribution in [3.63, 3.8) is 0 Å². The van der Waals surface area contributed by atoms with Crippen LogP contribution in [0, 0.1) is 13.8 Å². The Morgan fingerprint density at radius 2 is 2.16 bits per heavy atom. The van der Waals surface area contributed by atoms with Crippen LogP contribution in [-0.4, -0.2) is 27.5 Å².